The zero-order valence-electron chi connectivity index (χ0n) is 9.44. The van der Waals surface area contributed by atoms with Crippen LogP contribution < -0.4 is 0 Å². The average molecular weight is 309 g/mol. The van der Waals surface area contributed by atoms with Gasteiger partial charge in [-0.1, -0.05) is 70.3 Å². The fourth-order valence-corrected chi connectivity index (χ4v) is 2.00. The Labute approximate surface area is 120 Å². The maximum Gasteiger partial charge on any atom is 0.287 e. The second-order valence-corrected chi connectivity index (χ2v) is 6.47. The van der Waals surface area contributed by atoms with Gasteiger partial charge in [0.2, 0.25) is 0 Å². The molecule has 1 atom stereocenters. The van der Waals surface area contributed by atoms with E-state index >= 15 is 0 Å². The fraction of sp³-hybridized carbons (Fsp3) is 0.417. The summed E-state index contributed by atoms with van der Waals surface area (Å²) in [5, 5.41) is 13.7. The number of halogens is 3. The van der Waals surface area contributed by atoms with Crippen molar-refractivity contribution in [2.24, 2.45) is 5.16 Å². The molecule has 0 aliphatic carbocycles. The highest BCUT2D eigenvalue weighted by atomic mass is 35.6. The summed E-state index contributed by atoms with van der Waals surface area (Å²) < 4.78 is -1.91. The van der Waals surface area contributed by atoms with Crippen LogP contribution in [0.1, 0.15) is 18.4 Å². The van der Waals surface area contributed by atoms with Gasteiger partial charge in [0.1, 0.15) is 0 Å². The number of aliphatic hydroxyl groups is 1. The number of aryl methyl sites for hydroxylation is 1. The van der Waals surface area contributed by atoms with E-state index in [1.54, 1.807) is 0 Å². The number of hydrogen-bond donors (Lipinski definition) is 1. The maximum atomic E-state index is 9.96. The average Bonchev–Trinajstić information content (AvgIpc) is 2.71. The molecule has 1 aliphatic rings. The number of alkyl halides is 3. The summed E-state index contributed by atoms with van der Waals surface area (Å²) in [5.41, 5.74) is 1.87. The molecule has 18 heavy (non-hydrogen) atoms. The minimum Gasteiger partial charge on any atom is -0.355 e. The highest BCUT2D eigenvalue weighted by Crippen LogP contribution is 2.44. The number of benzene rings is 1. The number of nitrogens with zero attached hydrogens (tertiary/aromatic N) is 1. The van der Waals surface area contributed by atoms with Gasteiger partial charge < -0.3 is 9.94 Å². The van der Waals surface area contributed by atoms with Gasteiger partial charge in [-0.3, -0.25) is 0 Å². The monoisotopic (exact) mass is 307 g/mol. The standard InChI is InChI=1S/C12H12Cl3NO2/c13-12(14,15)11(17)8-10(16-18-11)7-6-9-4-2-1-3-5-9/h1-5,17H,6-8H2/t11-/m0/s1. The van der Waals surface area contributed by atoms with Crippen LogP contribution in [0.15, 0.2) is 35.5 Å². The van der Waals surface area contributed by atoms with E-state index < -0.39 is 9.58 Å². The first-order valence-corrected chi connectivity index (χ1v) is 6.61. The SMILES string of the molecule is O[C@@]1(C(Cl)(Cl)Cl)CC(CCc2ccccc2)=NO1. The Morgan fingerprint density at radius 3 is 2.44 bits per heavy atom. The summed E-state index contributed by atoms with van der Waals surface area (Å²) in [4.78, 5) is 4.85. The van der Waals surface area contributed by atoms with E-state index in [0.29, 0.717) is 12.1 Å². The molecule has 0 amide bonds. The third kappa shape index (κ3) is 3.09. The van der Waals surface area contributed by atoms with Gasteiger partial charge in [-0.05, 0) is 18.4 Å². The van der Waals surface area contributed by atoms with Crippen LogP contribution in [0.5, 0.6) is 0 Å². The lowest BCUT2D eigenvalue weighted by atomic mass is 10.0. The first-order chi connectivity index (χ1) is 8.41. The zero-order valence-corrected chi connectivity index (χ0v) is 11.7. The lowest BCUT2D eigenvalue weighted by Gasteiger charge is -2.26. The second-order valence-electron chi connectivity index (χ2n) is 4.19. The van der Waals surface area contributed by atoms with Crippen molar-refractivity contribution in [2.45, 2.75) is 28.8 Å². The Kier molecular flexibility index (Phi) is 4.07. The summed E-state index contributed by atoms with van der Waals surface area (Å²) in [6.45, 7) is 0. The molecular formula is C12H12Cl3NO2. The molecule has 0 unspecified atom stereocenters. The molecule has 1 aliphatic heterocycles. The van der Waals surface area contributed by atoms with Crippen molar-refractivity contribution in [1.29, 1.82) is 0 Å². The summed E-state index contributed by atoms with van der Waals surface area (Å²) in [6.07, 6.45) is 1.57. The van der Waals surface area contributed by atoms with Crippen LogP contribution >= 0.6 is 34.8 Å². The molecule has 1 N–H and O–H groups in total. The molecule has 6 heteroatoms. The van der Waals surface area contributed by atoms with Crippen molar-refractivity contribution in [3.63, 3.8) is 0 Å². The van der Waals surface area contributed by atoms with Gasteiger partial charge in [0.25, 0.3) is 9.58 Å². The van der Waals surface area contributed by atoms with Crippen LogP contribution in [0.4, 0.5) is 0 Å². The van der Waals surface area contributed by atoms with E-state index in [9.17, 15) is 5.11 Å². The van der Waals surface area contributed by atoms with Gasteiger partial charge in [0.05, 0.1) is 12.1 Å². The fourth-order valence-electron chi connectivity index (χ4n) is 1.70. The van der Waals surface area contributed by atoms with Crippen molar-refractivity contribution in [2.75, 3.05) is 0 Å². The largest absolute Gasteiger partial charge is 0.355 e. The van der Waals surface area contributed by atoms with E-state index in [1.165, 1.54) is 5.56 Å². The molecule has 98 valence electrons. The molecule has 1 heterocycles. The van der Waals surface area contributed by atoms with Gasteiger partial charge in [0.15, 0.2) is 0 Å². The van der Waals surface area contributed by atoms with Crippen LogP contribution in [-0.4, -0.2) is 20.4 Å². The molecule has 0 aromatic heterocycles. The minimum absolute atomic E-state index is 0.107. The third-order valence-corrected chi connectivity index (χ3v) is 3.64. The molecule has 0 saturated carbocycles. The number of oxime groups is 1. The summed E-state index contributed by atoms with van der Waals surface area (Å²) in [5.74, 6) is -1.86. The van der Waals surface area contributed by atoms with Gasteiger partial charge in [-0.15, -0.1) is 0 Å². The van der Waals surface area contributed by atoms with E-state index in [0.717, 1.165) is 6.42 Å². The molecule has 0 bridgehead atoms. The van der Waals surface area contributed by atoms with E-state index in [-0.39, 0.29) is 6.42 Å². The van der Waals surface area contributed by atoms with Crippen LogP contribution in [0.3, 0.4) is 0 Å². The number of rotatable bonds is 3. The van der Waals surface area contributed by atoms with Gasteiger partial charge in [-0.2, -0.15) is 0 Å². The Morgan fingerprint density at radius 2 is 1.89 bits per heavy atom. The summed E-state index contributed by atoms with van der Waals surface area (Å²) in [6, 6.07) is 9.95. The third-order valence-electron chi connectivity index (χ3n) is 2.76. The van der Waals surface area contributed by atoms with Crippen LogP contribution in [0, 0.1) is 0 Å². The van der Waals surface area contributed by atoms with Crippen molar-refractivity contribution >= 4 is 40.5 Å². The molecule has 0 spiro atoms. The highest BCUT2D eigenvalue weighted by Gasteiger charge is 2.53. The van der Waals surface area contributed by atoms with Crippen LogP contribution in [0.25, 0.3) is 0 Å². The lowest BCUT2D eigenvalue weighted by Crippen LogP contribution is -2.42. The van der Waals surface area contributed by atoms with Crippen LogP contribution in [0.2, 0.25) is 0 Å². The topological polar surface area (TPSA) is 41.8 Å². The maximum absolute atomic E-state index is 9.96. The highest BCUT2D eigenvalue weighted by molar-refractivity contribution is 6.68. The van der Waals surface area contributed by atoms with Gasteiger partial charge in [0, 0.05) is 0 Å². The first kappa shape index (κ1) is 13.9. The van der Waals surface area contributed by atoms with Crippen molar-refractivity contribution in [3.05, 3.63) is 35.9 Å². The van der Waals surface area contributed by atoms with Crippen molar-refractivity contribution < 1.29 is 9.94 Å². The van der Waals surface area contributed by atoms with Crippen LogP contribution in [-0.2, 0) is 11.3 Å². The van der Waals surface area contributed by atoms with E-state index in [1.807, 2.05) is 30.3 Å². The zero-order chi connectivity index (χ0) is 13.2. The Morgan fingerprint density at radius 1 is 1.22 bits per heavy atom. The summed E-state index contributed by atoms with van der Waals surface area (Å²) >= 11 is 16.9. The summed E-state index contributed by atoms with van der Waals surface area (Å²) in [7, 11) is 0. The van der Waals surface area contributed by atoms with E-state index in [4.69, 9.17) is 39.6 Å². The molecule has 0 fully saturated rings. The Bertz CT molecular complexity index is 444. The molecule has 0 saturated heterocycles. The predicted octanol–water partition coefficient (Wildman–Crippen LogP) is 3.45. The van der Waals surface area contributed by atoms with Gasteiger partial charge >= 0.3 is 0 Å². The molecule has 1 aromatic carbocycles. The second kappa shape index (κ2) is 5.25. The molecule has 1 aromatic rings. The minimum atomic E-state index is -1.91. The smallest absolute Gasteiger partial charge is 0.287 e. The van der Waals surface area contributed by atoms with Gasteiger partial charge in [-0.25, -0.2) is 0 Å². The van der Waals surface area contributed by atoms with Crippen molar-refractivity contribution in [3.8, 4) is 0 Å². The van der Waals surface area contributed by atoms with E-state index in [2.05, 4.69) is 5.16 Å². The first-order valence-electron chi connectivity index (χ1n) is 5.48. The predicted molar refractivity (Wildman–Crippen MR) is 73.1 cm³/mol. The lowest BCUT2D eigenvalue weighted by molar-refractivity contribution is -0.181. The quantitative estimate of drug-likeness (QED) is 0.869. The Hall–Kier alpha value is -0.480. The molecule has 2 rings (SSSR count). The molecule has 0 radical (unpaired) electrons. The molecule has 3 nitrogen and oxygen atoms in total. The Balaban J connectivity index is 1.91. The normalized spacial score (nSPS) is 23.7. The van der Waals surface area contributed by atoms with Crippen molar-refractivity contribution in [1.82, 2.24) is 0 Å². The number of hydrogen-bond acceptors (Lipinski definition) is 3. The molecular weight excluding hydrogens is 296 g/mol.